The first-order chi connectivity index (χ1) is 16.0. The minimum absolute atomic E-state index is 0.0300. The molecule has 33 heavy (non-hydrogen) atoms. The quantitative estimate of drug-likeness (QED) is 0.430. The molecule has 2 rings (SSSR count). The van der Waals surface area contributed by atoms with Crippen LogP contribution in [-0.2, 0) is 4.79 Å². The molecule has 2 amide bonds. The summed E-state index contributed by atoms with van der Waals surface area (Å²) in [5, 5.41) is 8.24. The number of rotatable bonds is 10. The zero-order chi connectivity index (χ0) is 24.5. The predicted molar refractivity (Wildman–Crippen MR) is 143 cm³/mol. The standard InChI is InChI=1S/C22H34N4O2.C4H8S/c1-3-17(9-10-23)15-18(4-2)16-21(27)25-20-8-6-5-7-19(20)22(28)26-13-11-24-12-14-26;1-3-4-5-2/h4-8,17,24H,3,9-16,23H2,1-2H3,(H,25,27);3-4H,1-2H3/b18-4-;4-3+. The van der Waals surface area contributed by atoms with E-state index in [1.807, 2.05) is 54.7 Å². The Morgan fingerprint density at radius 2 is 1.94 bits per heavy atom. The number of nitrogens with zero attached hydrogens (tertiary/aromatic N) is 1. The van der Waals surface area contributed by atoms with Gasteiger partial charge in [-0.05, 0) is 62.9 Å². The van der Waals surface area contributed by atoms with E-state index in [-0.39, 0.29) is 11.8 Å². The van der Waals surface area contributed by atoms with E-state index in [9.17, 15) is 9.59 Å². The Hall–Kier alpha value is -2.09. The van der Waals surface area contributed by atoms with Gasteiger partial charge in [-0.25, -0.2) is 0 Å². The summed E-state index contributed by atoms with van der Waals surface area (Å²) in [7, 11) is 0. The summed E-state index contributed by atoms with van der Waals surface area (Å²) in [4.78, 5) is 27.3. The molecule has 1 aromatic carbocycles. The first-order valence-electron chi connectivity index (χ1n) is 11.9. The lowest BCUT2D eigenvalue weighted by atomic mass is 9.92. The number of carbonyl (C=O) groups is 2. The minimum atomic E-state index is -0.0868. The summed E-state index contributed by atoms with van der Waals surface area (Å²) < 4.78 is 0. The fourth-order valence-electron chi connectivity index (χ4n) is 3.70. The highest BCUT2D eigenvalue weighted by molar-refractivity contribution is 8.01. The fourth-order valence-corrected chi connectivity index (χ4v) is 3.97. The number of hydrogen-bond donors (Lipinski definition) is 3. The molecular formula is C26H42N4O2S. The van der Waals surface area contributed by atoms with Crippen LogP contribution in [0.2, 0.25) is 0 Å². The molecule has 1 aliphatic heterocycles. The number of allylic oxidation sites excluding steroid dienone is 2. The van der Waals surface area contributed by atoms with Gasteiger partial charge in [-0.15, -0.1) is 11.8 Å². The molecule has 4 N–H and O–H groups in total. The van der Waals surface area contributed by atoms with Crippen molar-refractivity contribution in [2.75, 3.05) is 44.3 Å². The molecule has 1 aliphatic rings. The summed E-state index contributed by atoms with van der Waals surface area (Å²) in [6.07, 6.45) is 9.34. The topological polar surface area (TPSA) is 87.5 Å². The lowest BCUT2D eigenvalue weighted by Gasteiger charge is -2.28. The van der Waals surface area contributed by atoms with E-state index >= 15 is 0 Å². The highest BCUT2D eigenvalue weighted by Gasteiger charge is 2.21. The maximum Gasteiger partial charge on any atom is 0.256 e. The van der Waals surface area contributed by atoms with Crippen molar-refractivity contribution < 1.29 is 9.59 Å². The van der Waals surface area contributed by atoms with E-state index in [0.717, 1.165) is 37.9 Å². The van der Waals surface area contributed by atoms with Gasteiger partial charge in [-0.2, -0.15) is 0 Å². The molecule has 1 saturated heterocycles. The third-order valence-electron chi connectivity index (χ3n) is 5.61. The number of amides is 2. The largest absolute Gasteiger partial charge is 0.336 e. The van der Waals surface area contributed by atoms with Crippen molar-refractivity contribution in [3.05, 3.63) is 53.0 Å². The van der Waals surface area contributed by atoms with E-state index in [2.05, 4.69) is 17.6 Å². The molecule has 0 radical (unpaired) electrons. The Kier molecular flexibility index (Phi) is 15.3. The zero-order valence-electron chi connectivity index (χ0n) is 20.7. The van der Waals surface area contributed by atoms with Crippen LogP contribution in [0.15, 0.2) is 47.4 Å². The van der Waals surface area contributed by atoms with Crippen LogP contribution < -0.4 is 16.4 Å². The van der Waals surface area contributed by atoms with Gasteiger partial charge < -0.3 is 21.3 Å². The Morgan fingerprint density at radius 1 is 1.24 bits per heavy atom. The van der Waals surface area contributed by atoms with Crippen LogP contribution in [0, 0.1) is 5.92 Å². The molecule has 0 saturated carbocycles. The van der Waals surface area contributed by atoms with Crippen LogP contribution in [-0.4, -0.2) is 55.7 Å². The Bertz CT molecular complexity index is 773. The maximum atomic E-state index is 12.9. The van der Waals surface area contributed by atoms with Gasteiger partial charge in [0.05, 0.1) is 11.3 Å². The number of carbonyl (C=O) groups excluding carboxylic acids is 2. The monoisotopic (exact) mass is 474 g/mol. The molecule has 0 spiro atoms. The smallest absolute Gasteiger partial charge is 0.256 e. The van der Waals surface area contributed by atoms with Crippen molar-refractivity contribution in [1.82, 2.24) is 10.2 Å². The first-order valence-corrected chi connectivity index (χ1v) is 13.2. The van der Waals surface area contributed by atoms with E-state index in [1.165, 1.54) is 0 Å². The van der Waals surface area contributed by atoms with E-state index < -0.39 is 0 Å². The summed E-state index contributed by atoms with van der Waals surface area (Å²) in [6, 6.07) is 7.26. The summed E-state index contributed by atoms with van der Waals surface area (Å²) in [5.41, 5.74) is 7.94. The number of benzene rings is 1. The lowest BCUT2D eigenvalue weighted by molar-refractivity contribution is -0.115. The number of piperazine rings is 1. The number of nitrogens with two attached hydrogens (primary N) is 1. The number of nitrogens with one attached hydrogen (secondary N) is 2. The van der Waals surface area contributed by atoms with Crippen molar-refractivity contribution >= 4 is 29.3 Å². The van der Waals surface area contributed by atoms with Gasteiger partial charge in [0.1, 0.15) is 0 Å². The Balaban J connectivity index is 0.000000981. The minimum Gasteiger partial charge on any atom is -0.336 e. The van der Waals surface area contributed by atoms with Crippen molar-refractivity contribution in [2.24, 2.45) is 11.7 Å². The first kappa shape index (κ1) is 28.9. The normalized spacial score (nSPS) is 15.1. The lowest BCUT2D eigenvalue weighted by Crippen LogP contribution is -2.46. The van der Waals surface area contributed by atoms with Gasteiger partial charge in [0.15, 0.2) is 0 Å². The third-order valence-corrected chi connectivity index (χ3v) is 6.15. The molecule has 1 unspecified atom stereocenters. The van der Waals surface area contributed by atoms with Gasteiger partial charge in [0.25, 0.3) is 5.91 Å². The molecule has 6 nitrogen and oxygen atoms in total. The molecule has 1 aromatic rings. The zero-order valence-corrected chi connectivity index (χ0v) is 21.5. The van der Waals surface area contributed by atoms with Crippen LogP contribution in [0.25, 0.3) is 0 Å². The second kappa shape index (κ2) is 17.4. The van der Waals surface area contributed by atoms with Crippen molar-refractivity contribution in [2.45, 2.75) is 46.5 Å². The fraction of sp³-hybridized carbons (Fsp3) is 0.538. The molecule has 1 atom stereocenters. The number of anilines is 1. The van der Waals surface area contributed by atoms with Crippen molar-refractivity contribution in [1.29, 1.82) is 0 Å². The molecule has 0 bridgehead atoms. The van der Waals surface area contributed by atoms with Crippen LogP contribution in [0.1, 0.15) is 56.8 Å². The summed E-state index contributed by atoms with van der Waals surface area (Å²) in [5.74, 6) is 0.388. The van der Waals surface area contributed by atoms with E-state index in [0.29, 0.717) is 43.2 Å². The molecule has 0 aliphatic carbocycles. The predicted octanol–water partition coefficient (Wildman–Crippen LogP) is 4.66. The molecule has 0 aromatic heterocycles. The van der Waals surface area contributed by atoms with Crippen molar-refractivity contribution in [3.63, 3.8) is 0 Å². The van der Waals surface area contributed by atoms with Crippen molar-refractivity contribution in [3.8, 4) is 0 Å². The SMILES string of the molecule is C/C=C(\CC(=O)Nc1ccccc1C(=O)N1CCNCC1)CC(CC)CCN.C/C=C/SC. The summed E-state index contributed by atoms with van der Waals surface area (Å²) >= 11 is 1.72. The number of hydrogen-bond acceptors (Lipinski definition) is 5. The Morgan fingerprint density at radius 3 is 2.48 bits per heavy atom. The number of para-hydroxylation sites is 1. The van der Waals surface area contributed by atoms with Crippen LogP contribution in [0.3, 0.4) is 0 Å². The van der Waals surface area contributed by atoms with E-state index in [1.54, 1.807) is 23.9 Å². The van der Waals surface area contributed by atoms with Gasteiger partial charge in [-0.3, -0.25) is 9.59 Å². The highest BCUT2D eigenvalue weighted by Crippen LogP contribution is 2.22. The number of thioether (sulfide) groups is 1. The average molecular weight is 475 g/mol. The highest BCUT2D eigenvalue weighted by atomic mass is 32.2. The van der Waals surface area contributed by atoms with Crippen LogP contribution in [0.4, 0.5) is 5.69 Å². The third kappa shape index (κ3) is 11.1. The van der Waals surface area contributed by atoms with Gasteiger partial charge >= 0.3 is 0 Å². The summed E-state index contributed by atoms with van der Waals surface area (Å²) in [6.45, 7) is 9.77. The van der Waals surface area contributed by atoms with Gasteiger partial charge in [-0.1, -0.05) is 43.2 Å². The van der Waals surface area contributed by atoms with E-state index in [4.69, 9.17) is 5.73 Å². The van der Waals surface area contributed by atoms with Crippen LogP contribution >= 0.6 is 11.8 Å². The second-order valence-corrected chi connectivity index (χ2v) is 8.76. The van der Waals surface area contributed by atoms with Gasteiger partial charge in [0.2, 0.25) is 5.91 Å². The molecule has 184 valence electrons. The van der Waals surface area contributed by atoms with Gasteiger partial charge in [0, 0.05) is 32.6 Å². The molecule has 7 heteroatoms. The Labute approximate surface area is 204 Å². The molecule has 1 fully saturated rings. The average Bonchev–Trinajstić information content (AvgIpc) is 2.84. The molecular weight excluding hydrogens is 432 g/mol. The second-order valence-electron chi connectivity index (χ2n) is 8.02. The maximum absolute atomic E-state index is 12.9. The van der Waals surface area contributed by atoms with Crippen LogP contribution in [0.5, 0.6) is 0 Å². The molecule has 1 heterocycles.